The molecule has 0 bridgehead atoms. The van der Waals surface area contributed by atoms with Gasteiger partial charge in [0, 0.05) is 15.5 Å². The summed E-state index contributed by atoms with van der Waals surface area (Å²) < 4.78 is 5.96. The van der Waals surface area contributed by atoms with E-state index >= 15 is 0 Å². The SMILES string of the molecule is COc1ccc(C(O)=C2C(=O)C(=O)N(c3nc4ccc(Cl)cc4s3)C2c2cccs2)cc1. The van der Waals surface area contributed by atoms with Crippen molar-refractivity contribution in [2.45, 2.75) is 6.04 Å². The number of rotatable bonds is 4. The maximum atomic E-state index is 13.2. The van der Waals surface area contributed by atoms with Gasteiger partial charge in [-0.05, 0) is 53.9 Å². The quantitative estimate of drug-likeness (QED) is 0.231. The summed E-state index contributed by atoms with van der Waals surface area (Å²) in [6.45, 7) is 0. The first-order valence-electron chi connectivity index (χ1n) is 9.53. The fraction of sp³-hybridized carbons (Fsp3) is 0.0870. The summed E-state index contributed by atoms with van der Waals surface area (Å²) in [5.74, 6) is -1.11. The van der Waals surface area contributed by atoms with Crippen LogP contribution in [0.25, 0.3) is 16.0 Å². The zero-order valence-corrected chi connectivity index (χ0v) is 19.0. The molecule has 0 aliphatic carbocycles. The van der Waals surface area contributed by atoms with Crippen LogP contribution in [0.1, 0.15) is 16.5 Å². The van der Waals surface area contributed by atoms with E-state index in [1.807, 2.05) is 17.5 Å². The summed E-state index contributed by atoms with van der Waals surface area (Å²) in [7, 11) is 1.54. The summed E-state index contributed by atoms with van der Waals surface area (Å²) in [4.78, 5) is 33.0. The van der Waals surface area contributed by atoms with E-state index in [2.05, 4.69) is 4.98 Å². The number of thiophene rings is 1. The smallest absolute Gasteiger partial charge is 0.301 e. The Kier molecular flexibility index (Phi) is 5.21. The van der Waals surface area contributed by atoms with E-state index in [4.69, 9.17) is 16.3 Å². The summed E-state index contributed by atoms with van der Waals surface area (Å²) in [6, 6.07) is 14.8. The van der Waals surface area contributed by atoms with Crippen molar-refractivity contribution in [1.29, 1.82) is 0 Å². The number of hydrogen-bond donors (Lipinski definition) is 1. The van der Waals surface area contributed by atoms with Gasteiger partial charge in [-0.15, -0.1) is 11.3 Å². The largest absolute Gasteiger partial charge is 0.507 e. The van der Waals surface area contributed by atoms with Crippen LogP contribution < -0.4 is 9.64 Å². The number of aliphatic hydroxyl groups is 1. The van der Waals surface area contributed by atoms with Gasteiger partial charge in [-0.3, -0.25) is 14.5 Å². The Hall–Kier alpha value is -3.20. The van der Waals surface area contributed by atoms with Gasteiger partial charge in [0.25, 0.3) is 5.78 Å². The molecule has 4 aromatic rings. The second kappa shape index (κ2) is 8.05. The number of benzene rings is 2. The van der Waals surface area contributed by atoms with E-state index < -0.39 is 17.7 Å². The van der Waals surface area contributed by atoms with Gasteiger partial charge in [0.15, 0.2) is 5.13 Å². The molecule has 0 spiro atoms. The van der Waals surface area contributed by atoms with Crippen LogP contribution >= 0.6 is 34.3 Å². The van der Waals surface area contributed by atoms with Crippen LogP contribution in [0.4, 0.5) is 5.13 Å². The number of halogens is 1. The maximum Gasteiger partial charge on any atom is 0.301 e. The number of carbonyl (C=O) groups excluding carboxylic acids is 2. The molecule has 32 heavy (non-hydrogen) atoms. The number of aromatic nitrogens is 1. The van der Waals surface area contributed by atoms with Gasteiger partial charge >= 0.3 is 5.91 Å². The fourth-order valence-corrected chi connectivity index (χ4v) is 5.73. The second-order valence-corrected chi connectivity index (χ2v) is 9.45. The van der Waals surface area contributed by atoms with Gasteiger partial charge in [-0.25, -0.2) is 4.98 Å². The first kappa shape index (κ1) is 20.7. The number of methoxy groups -OCH3 is 1. The zero-order chi connectivity index (χ0) is 22.4. The Morgan fingerprint density at radius 2 is 1.94 bits per heavy atom. The number of anilines is 1. The molecule has 1 N–H and O–H groups in total. The number of fused-ring (bicyclic) bond motifs is 1. The van der Waals surface area contributed by atoms with Gasteiger partial charge < -0.3 is 9.84 Å². The molecule has 1 aliphatic heterocycles. The van der Waals surface area contributed by atoms with Gasteiger partial charge in [0.1, 0.15) is 17.6 Å². The lowest BCUT2D eigenvalue weighted by atomic mass is 10.00. The van der Waals surface area contributed by atoms with Gasteiger partial charge in [0.05, 0.1) is 22.9 Å². The Morgan fingerprint density at radius 3 is 2.62 bits per heavy atom. The van der Waals surface area contributed by atoms with Crippen molar-refractivity contribution < 1.29 is 19.4 Å². The van der Waals surface area contributed by atoms with Crippen molar-refractivity contribution in [2.24, 2.45) is 0 Å². The molecule has 1 unspecified atom stereocenters. The number of Topliss-reactive ketones (excluding diaryl/α,β-unsaturated/α-hetero) is 1. The highest BCUT2D eigenvalue weighted by Crippen LogP contribution is 2.45. The summed E-state index contributed by atoms with van der Waals surface area (Å²) in [5, 5.41) is 13.9. The number of amides is 1. The standard InChI is InChI=1S/C23H15ClN2O4S2/c1-30-14-7-4-12(5-8-14)20(27)18-19(16-3-2-10-31-16)26(22(29)21(18)28)23-25-15-9-6-13(24)11-17(15)32-23/h2-11,19,27H,1H3. The molecule has 0 radical (unpaired) electrons. The monoisotopic (exact) mass is 482 g/mol. The third-order valence-electron chi connectivity index (χ3n) is 5.17. The van der Waals surface area contributed by atoms with Crippen LogP contribution in [-0.2, 0) is 9.59 Å². The van der Waals surface area contributed by atoms with Crippen LogP contribution in [0, 0.1) is 0 Å². The molecule has 5 rings (SSSR count). The van der Waals surface area contributed by atoms with Crippen LogP contribution in [0.3, 0.4) is 0 Å². The number of aliphatic hydroxyl groups excluding tert-OH is 1. The predicted octanol–water partition coefficient (Wildman–Crippen LogP) is 5.65. The Balaban J connectivity index is 1.68. The Morgan fingerprint density at radius 1 is 1.16 bits per heavy atom. The molecular formula is C23H15ClN2O4S2. The molecular weight excluding hydrogens is 468 g/mol. The minimum atomic E-state index is -0.784. The lowest BCUT2D eigenvalue weighted by Gasteiger charge is -2.21. The molecule has 9 heteroatoms. The van der Waals surface area contributed by atoms with E-state index in [-0.39, 0.29) is 11.3 Å². The third-order valence-corrected chi connectivity index (χ3v) is 7.34. The van der Waals surface area contributed by atoms with E-state index in [9.17, 15) is 14.7 Å². The van der Waals surface area contributed by atoms with E-state index in [0.29, 0.717) is 27.0 Å². The summed E-state index contributed by atoms with van der Waals surface area (Å²) >= 11 is 8.77. The van der Waals surface area contributed by atoms with Crippen LogP contribution in [0.5, 0.6) is 5.75 Å². The zero-order valence-electron chi connectivity index (χ0n) is 16.6. The van der Waals surface area contributed by atoms with Crippen LogP contribution in [-0.4, -0.2) is 28.9 Å². The molecule has 2 aromatic carbocycles. The van der Waals surface area contributed by atoms with Gasteiger partial charge in [-0.1, -0.05) is 29.0 Å². The van der Waals surface area contributed by atoms with E-state index in [1.165, 1.54) is 27.6 Å². The van der Waals surface area contributed by atoms with E-state index in [1.54, 1.807) is 49.6 Å². The average Bonchev–Trinajstić information content (AvgIpc) is 3.52. The maximum absolute atomic E-state index is 13.2. The first-order chi connectivity index (χ1) is 15.5. The fourth-order valence-electron chi connectivity index (χ4n) is 3.64. The molecule has 3 heterocycles. The van der Waals surface area contributed by atoms with Crippen molar-refractivity contribution >= 4 is 67.1 Å². The second-order valence-electron chi connectivity index (χ2n) is 7.02. The first-order valence-corrected chi connectivity index (χ1v) is 11.6. The van der Waals surface area contributed by atoms with Crippen molar-refractivity contribution in [2.75, 3.05) is 12.0 Å². The summed E-state index contributed by atoms with van der Waals surface area (Å²) in [5.41, 5.74) is 1.12. The lowest BCUT2D eigenvalue weighted by Crippen LogP contribution is -2.28. The number of hydrogen-bond acceptors (Lipinski definition) is 7. The van der Waals surface area contributed by atoms with Crippen LogP contribution in [0.2, 0.25) is 5.02 Å². The molecule has 1 saturated heterocycles. The molecule has 1 fully saturated rings. The van der Waals surface area contributed by atoms with Crippen molar-refractivity contribution in [3.63, 3.8) is 0 Å². The van der Waals surface area contributed by atoms with Crippen LogP contribution in [0.15, 0.2) is 65.6 Å². The highest BCUT2D eigenvalue weighted by atomic mass is 35.5. The highest BCUT2D eigenvalue weighted by molar-refractivity contribution is 7.22. The topological polar surface area (TPSA) is 79.7 Å². The predicted molar refractivity (Wildman–Crippen MR) is 127 cm³/mol. The van der Waals surface area contributed by atoms with Crippen molar-refractivity contribution in [3.05, 3.63) is 81.0 Å². The number of carbonyl (C=O) groups is 2. The molecule has 1 amide bonds. The normalized spacial score (nSPS) is 17.9. The molecule has 0 saturated carbocycles. The van der Waals surface area contributed by atoms with Crippen molar-refractivity contribution in [1.82, 2.24) is 4.98 Å². The number of ketones is 1. The third kappa shape index (κ3) is 3.37. The number of nitrogens with zero attached hydrogens (tertiary/aromatic N) is 2. The average molecular weight is 483 g/mol. The number of ether oxygens (including phenoxy) is 1. The van der Waals surface area contributed by atoms with Gasteiger partial charge in [0.2, 0.25) is 0 Å². The highest BCUT2D eigenvalue weighted by Gasteiger charge is 2.48. The minimum absolute atomic E-state index is 0.0277. The van der Waals surface area contributed by atoms with Gasteiger partial charge in [-0.2, -0.15) is 0 Å². The molecule has 2 aromatic heterocycles. The minimum Gasteiger partial charge on any atom is -0.507 e. The lowest BCUT2D eigenvalue weighted by molar-refractivity contribution is -0.132. The summed E-state index contributed by atoms with van der Waals surface area (Å²) in [6.07, 6.45) is 0. The molecule has 6 nitrogen and oxygen atoms in total. The Labute approximate surface area is 196 Å². The van der Waals surface area contributed by atoms with E-state index in [0.717, 1.165) is 9.58 Å². The number of thiazole rings is 1. The molecule has 1 aliphatic rings. The van der Waals surface area contributed by atoms with Crippen molar-refractivity contribution in [3.8, 4) is 5.75 Å². The Bertz CT molecular complexity index is 1380. The molecule has 160 valence electrons. The molecule has 1 atom stereocenters.